The van der Waals surface area contributed by atoms with Crippen LogP contribution < -0.4 is 9.47 Å². The molecule has 8 heteroatoms. The van der Waals surface area contributed by atoms with Crippen LogP contribution in [0, 0.1) is 0 Å². The molecule has 1 saturated carbocycles. The van der Waals surface area contributed by atoms with Gasteiger partial charge in [0.25, 0.3) is 0 Å². The van der Waals surface area contributed by atoms with E-state index in [2.05, 4.69) is 20.4 Å². The van der Waals surface area contributed by atoms with Crippen molar-refractivity contribution >= 4 is 0 Å². The summed E-state index contributed by atoms with van der Waals surface area (Å²) in [5.41, 5.74) is 0.787. The van der Waals surface area contributed by atoms with Crippen LogP contribution in [0.3, 0.4) is 0 Å². The van der Waals surface area contributed by atoms with Crippen LogP contribution in [0.1, 0.15) is 37.9 Å². The molecule has 2 aliphatic heterocycles. The third-order valence-corrected chi connectivity index (χ3v) is 5.78. The Morgan fingerprint density at radius 3 is 2.62 bits per heavy atom. The molecule has 1 aliphatic carbocycles. The quantitative estimate of drug-likeness (QED) is 0.830. The minimum Gasteiger partial charge on any atom is -0.454 e. The molecule has 0 amide bonds. The molecule has 0 atom stereocenters. The fourth-order valence-corrected chi connectivity index (χ4v) is 4.48. The number of hydrogen-bond donors (Lipinski definition) is 0. The first-order valence-corrected chi connectivity index (χ1v) is 9.38. The smallest absolute Gasteiger partial charge is 0.231 e. The number of hydrogen-bond acceptors (Lipinski definition) is 7. The molecule has 2 aromatic rings. The number of aromatic nitrogens is 4. The van der Waals surface area contributed by atoms with E-state index in [1.165, 1.54) is 19.3 Å². The topological polar surface area (TPSA) is 74.5 Å². The lowest BCUT2D eigenvalue weighted by Crippen LogP contribution is -2.53. The predicted molar refractivity (Wildman–Crippen MR) is 92.4 cm³/mol. The number of rotatable bonds is 3. The van der Waals surface area contributed by atoms with E-state index in [9.17, 15) is 0 Å². The van der Waals surface area contributed by atoms with Crippen molar-refractivity contribution in [2.75, 3.05) is 33.1 Å². The summed E-state index contributed by atoms with van der Waals surface area (Å²) < 4.78 is 18.4. The molecular formula is C18H23N5O3. The maximum absolute atomic E-state index is 5.59. The lowest BCUT2D eigenvalue weighted by Gasteiger charge is -2.46. The summed E-state index contributed by atoms with van der Waals surface area (Å²) in [6.07, 6.45) is 5.84. The fourth-order valence-electron chi connectivity index (χ4n) is 4.48. The van der Waals surface area contributed by atoms with Crippen molar-refractivity contribution in [3.63, 3.8) is 0 Å². The second kappa shape index (κ2) is 6.51. The van der Waals surface area contributed by atoms with Gasteiger partial charge in [0.2, 0.25) is 6.79 Å². The second-order valence-corrected chi connectivity index (χ2v) is 7.14. The van der Waals surface area contributed by atoms with Crippen LogP contribution >= 0.6 is 0 Å². The largest absolute Gasteiger partial charge is 0.454 e. The van der Waals surface area contributed by atoms with Gasteiger partial charge < -0.3 is 14.2 Å². The Morgan fingerprint density at radius 1 is 0.962 bits per heavy atom. The van der Waals surface area contributed by atoms with Crippen molar-refractivity contribution in [2.24, 2.45) is 0 Å². The first kappa shape index (κ1) is 16.0. The molecule has 0 radical (unpaired) electrons. The summed E-state index contributed by atoms with van der Waals surface area (Å²) >= 11 is 0. The number of benzene rings is 1. The number of tetrazole rings is 1. The van der Waals surface area contributed by atoms with Crippen LogP contribution in [0.2, 0.25) is 0 Å². The van der Waals surface area contributed by atoms with Gasteiger partial charge in [0, 0.05) is 19.2 Å². The van der Waals surface area contributed by atoms with Crippen molar-refractivity contribution in [2.45, 2.75) is 37.6 Å². The van der Waals surface area contributed by atoms with Gasteiger partial charge in [-0.25, -0.2) is 0 Å². The molecule has 26 heavy (non-hydrogen) atoms. The Morgan fingerprint density at radius 2 is 1.77 bits per heavy atom. The van der Waals surface area contributed by atoms with Crippen LogP contribution in [0.4, 0.5) is 0 Å². The summed E-state index contributed by atoms with van der Waals surface area (Å²) in [6, 6.07) is 5.87. The maximum atomic E-state index is 5.59. The Hall–Kier alpha value is -2.19. The second-order valence-electron chi connectivity index (χ2n) is 7.14. The molecule has 0 spiro atoms. The van der Waals surface area contributed by atoms with E-state index >= 15 is 0 Å². The zero-order valence-electron chi connectivity index (χ0n) is 14.8. The number of fused-ring (bicyclic) bond motifs is 1. The van der Waals surface area contributed by atoms with Gasteiger partial charge in [-0.1, -0.05) is 19.3 Å². The van der Waals surface area contributed by atoms with Crippen molar-refractivity contribution in [3.05, 3.63) is 24.0 Å². The van der Waals surface area contributed by atoms with Crippen molar-refractivity contribution in [1.82, 2.24) is 25.1 Å². The van der Waals surface area contributed by atoms with E-state index in [0.29, 0.717) is 0 Å². The normalized spacial score (nSPS) is 22.5. The third-order valence-electron chi connectivity index (χ3n) is 5.78. The van der Waals surface area contributed by atoms with E-state index in [1.54, 1.807) is 0 Å². The Kier molecular flexibility index (Phi) is 4.01. The van der Waals surface area contributed by atoms with Gasteiger partial charge in [0.05, 0.1) is 24.4 Å². The summed E-state index contributed by atoms with van der Waals surface area (Å²) in [4.78, 5) is 2.53. The first-order chi connectivity index (χ1) is 12.9. The molecule has 0 unspecified atom stereocenters. The molecule has 1 aromatic carbocycles. The van der Waals surface area contributed by atoms with Gasteiger partial charge in [-0.15, -0.1) is 5.10 Å². The van der Waals surface area contributed by atoms with Gasteiger partial charge in [0.1, 0.15) is 0 Å². The summed E-state index contributed by atoms with van der Waals surface area (Å²) in [5, 5.41) is 12.9. The molecule has 0 bridgehead atoms. The third kappa shape index (κ3) is 2.55. The van der Waals surface area contributed by atoms with Crippen LogP contribution in [0.25, 0.3) is 5.69 Å². The molecule has 8 nitrogen and oxygen atoms in total. The highest BCUT2D eigenvalue weighted by Gasteiger charge is 2.44. The Balaban J connectivity index is 1.57. The van der Waals surface area contributed by atoms with E-state index in [-0.39, 0.29) is 12.3 Å². The van der Waals surface area contributed by atoms with Crippen LogP contribution in [0.15, 0.2) is 18.2 Å². The van der Waals surface area contributed by atoms with Gasteiger partial charge in [-0.2, -0.15) is 4.68 Å². The van der Waals surface area contributed by atoms with E-state index < -0.39 is 0 Å². The predicted octanol–water partition coefficient (Wildman–Crippen LogP) is 1.88. The average molecular weight is 357 g/mol. The van der Waals surface area contributed by atoms with Crippen molar-refractivity contribution in [3.8, 4) is 17.2 Å². The fraction of sp³-hybridized carbons (Fsp3) is 0.611. The molecule has 5 rings (SSSR count). The average Bonchev–Trinajstić information content (AvgIpc) is 3.38. The molecule has 3 heterocycles. The summed E-state index contributed by atoms with van der Waals surface area (Å²) in [5.74, 6) is 2.44. The minimum absolute atomic E-state index is 0.123. The lowest BCUT2D eigenvalue weighted by molar-refractivity contribution is -0.0451. The number of ether oxygens (including phenoxy) is 3. The number of morpholine rings is 1. The van der Waals surface area contributed by atoms with Crippen LogP contribution in [-0.2, 0) is 10.3 Å². The zero-order chi connectivity index (χ0) is 17.4. The highest BCUT2D eigenvalue weighted by Crippen LogP contribution is 2.42. The van der Waals surface area contributed by atoms with E-state index in [0.717, 1.165) is 62.2 Å². The molecule has 138 valence electrons. The molecule has 3 aliphatic rings. The minimum atomic E-state index is -0.123. The molecule has 1 saturated heterocycles. The van der Waals surface area contributed by atoms with Crippen molar-refractivity contribution < 1.29 is 14.2 Å². The van der Waals surface area contributed by atoms with Crippen molar-refractivity contribution in [1.29, 1.82) is 0 Å². The van der Waals surface area contributed by atoms with Crippen LogP contribution in [-0.4, -0.2) is 58.2 Å². The number of nitrogens with zero attached hydrogens (tertiary/aromatic N) is 5. The molecular weight excluding hydrogens is 334 g/mol. The van der Waals surface area contributed by atoms with Crippen LogP contribution in [0.5, 0.6) is 11.5 Å². The van der Waals surface area contributed by atoms with Gasteiger partial charge >= 0.3 is 0 Å². The van der Waals surface area contributed by atoms with E-state index in [4.69, 9.17) is 14.2 Å². The highest BCUT2D eigenvalue weighted by atomic mass is 16.7. The van der Waals surface area contributed by atoms with Gasteiger partial charge in [-0.05, 0) is 35.4 Å². The summed E-state index contributed by atoms with van der Waals surface area (Å²) in [7, 11) is 0. The monoisotopic (exact) mass is 357 g/mol. The maximum Gasteiger partial charge on any atom is 0.231 e. The highest BCUT2D eigenvalue weighted by molar-refractivity contribution is 5.50. The summed E-state index contributed by atoms with van der Waals surface area (Å²) in [6.45, 7) is 3.65. The van der Waals surface area contributed by atoms with Gasteiger partial charge in [0.15, 0.2) is 17.3 Å². The molecule has 1 aromatic heterocycles. The first-order valence-electron chi connectivity index (χ1n) is 9.38. The SMILES string of the molecule is c1cc2c(cc1-n1nnnc1C1(N3CCOCC3)CCCCC1)OCO2. The molecule has 2 fully saturated rings. The van der Waals surface area contributed by atoms with Gasteiger partial charge in [-0.3, -0.25) is 4.90 Å². The standard InChI is InChI=1S/C18H23N5O3/c1-2-6-18(7-3-1,22-8-10-24-11-9-22)17-19-20-21-23(17)14-4-5-15-16(12-14)26-13-25-15/h4-5,12H,1-3,6-11,13H2. The van der Waals surface area contributed by atoms with E-state index in [1.807, 2.05) is 22.9 Å². The zero-order valence-corrected chi connectivity index (χ0v) is 14.8. The Bertz CT molecular complexity index is 781. The Labute approximate surface area is 152 Å². The molecule has 0 N–H and O–H groups in total. The lowest BCUT2D eigenvalue weighted by atomic mass is 9.79.